The van der Waals surface area contributed by atoms with Crippen LogP contribution in [0.5, 0.6) is 0 Å². The van der Waals surface area contributed by atoms with E-state index in [0.717, 1.165) is 11.3 Å². The molecule has 0 aliphatic rings. The van der Waals surface area contributed by atoms with E-state index in [1.165, 1.54) is 0 Å². The Morgan fingerprint density at radius 2 is 1.64 bits per heavy atom. The molecular formula is C18H14ClN3O2S. The molecular weight excluding hydrogens is 358 g/mol. The predicted molar refractivity (Wildman–Crippen MR) is 101 cm³/mol. The second-order valence-electron chi connectivity index (χ2n) is 5.19. The summed E-state index contributed by atoms with van der Waals surface area (Å²) in [5.74, 6) is -0.587. The molecule has 126 valence electrons. The number of hydrogen-bond donors (Lipinski definition) is 2. The molecule has 2 N–H and O–H groups in total. The van der Waals surface area contributed by atoms with Gasteiger partial charge in [-0.05, 0) is 31.2 Å². The number of aromatic nitrogens is 1. The number of nitrogens with one attached hydrogen (secondary N) is 2. The third-order valence-electron chi connectivity index (χ3n) is 3.38. The Morgan fingerprint density at radius 3 is 2.36 bits per heavy atom. The van der Waals surface area contributed by atoms with Gasteiger partial charge in [0, 0.05) is 5.56 Å². The lowest BCUT2D eigenvalue weighted by molar-refractivity contribution is 0.102. The Hall–Kier alpha value is -2.70. The standard InChI is InChI=1S/C18H14ClN3O2S/c1-11-15(17(24)21-14-10-6-5-9-13(14)19)25-18(20-11)22-16(23)12-7-3-2-4-8-12/h2-10H,1H3,(H,21,24)(H,20,22,23). The summed E-state index contributed by atoms with van der Waals surface area (Å²) in [5.41, 5.74) is 1.59. The monoisotopic (exact) mass is 371 g/mol. The molecule has 0 unspecified atom stereocenters. The Bertz CT molecular complexity index is 925. The Balaban J connectivity index is 1.75. The van der Waals surface area contributed by atoms with E-state index >= 15 is 0 Å². The minimum Gasteiger partial charge on any atom is -0.320 e. The Morgan fingerprint density at radius 1 is 0.960 bits per heavy atom. The van der Waals surface area contributed by atoms with Gasteiger partial charge in [0.25, 0.3) is 11.8 Å². The summed E-state index contributed by atoms with van der Waals surface area (Å²) >= 11 is 7.17. The maximum absolute atomic E-state index is 12.4. The molecule has 0 aliphatic carbocycles. The largest absolute Gasteiger partial charge is 0.320 e. The van der Waals surface area contributed by atoms with Crippen molar-refractivity contribution in [3.8, 4) is 0 Å². The van der Waals surface area contributed by atoms with Crippen LogP contribution in [-0.2, 0) is 0 Å². The zero-order valence-electron chi connectivity index (χ0n) is 13.2. The Labute approximate surface area is 153 Å². The van der Waals surface area contributed by atoms with Crippen molar-refractivity contribution in [3.05, 3.63) is 75.8 Å². The fourth-order valence-electron chi connectivity index (χ4n) is 2.16. The molecule has 0 spiro atoms. The first-order valence-corrected chi connectivity index (χ1v) is 8.64. The van der Waals surface area contributed by atoms with Crippen LogP contribution < -0.4 is 10.6 Å². The summed E-state index contributed by atoms with van der Waals surface area (Å²) in [6, 6.07) is 15.8. The van der Waals surface area contributed by atoms with Gasteiger partial charge in [0.2, 0.25) is 0 Å². The van der Waals surface area contributed by atoms with E-state index in [-0.39, 0.29) is 11.8 Å². The third-order valence-corrected chi connectivity index (χ3v) is 4.78. The van der Waals surface area contributed by atoms with Gasteiger partial charge in [-0.3, -0.25) is 14.9 Å². The number of carbonyl (C=O) groups excluding carboxylic acids is 2. The zero-order chi connectivity index (χ0) is 17.8. The number of rotatable bonds is 4. The first kappa shape index (κ1) is 17.1. The summed E-state index contributed by atoms with van der Waals surface area (Å²) in [5, 5.41) is 6.29. The predicted octanol–water partition coefficient (Wildman–Crippen LogP) is 4.61. The third kappa shape index (κ3) is 4.04. The number of benzene rings is 2. The second-order valence-corrected chi connectivity index (χ2v) is 6.59. The average molecular weight is 372 g/mol. The molecule has 2 amide bonds. The van der Waals surface area contributed by atoms with E-state index in [9.17, 15) is 9.59 Å². The molecule has 0 aliphatic heterocycles. The number of thiazole rings is 1. The van der Waals surface area contributed by atoms with Crippen LogP contribution in [0.15, 0.2) is 54.6 Å². The van der Waals surface area contributed by atoms with Gasteiger partial charge in [-0.1, -0.05) is 53.3 Å². The molecule has 7 heteroatoms. The van der Waals surface area contributed by atoms with E-state index in [0.29, 0.717) is 32.0 Å². The molecule has 0 radical (unpaired) electrons. The summed E-state index contributed by atoms with van der Waals surface area (Å²) in [7, 11) is 0. The van der Waals surface area contributed by atoms with Crippen molar-refractivity contribution in [1.82, 2.24) is 4.98 Å². The molecule has 0 atom stereocenters. The average Bonchev–Trinajstić information content (AvgIpc) is 2.98. The summed E-state index contributed by atoms with van der Waals surface area (Å²) < 4.78 is 0. The maximum Gasteiger partial charge on any atom is 0.267 e. The highest BCUT2D eigenvalue weighted by Gasteiger charge is 2.18. The van der Waals surface area contributed by atoms with Crippen molar-refractivity contribution in [1.29, 1.82) is 0 Å². The van der Waals surface area contributed by atoms with Gasteiger partial charge in [-0.15, -0.1) is 0 Å². The Kier molecular flexibility index (Phi) is 5.11. The number of amides is 2. The molecule has 0 saturated carbocycles. The molecule has 0 bridgehead atoms. The molecule has 0 saturated heterocycles. The van der Waals surface area contributed by atoms with Crippen LogP contribution in [0.3, 0.4) is 0 Å². The van der Waals surface area contributed by atoms with Gasteiger partial charge < -0.3 is 5.32 Å². The normalized spacial score (nSPS) is 10.3. The van der Waals surface area contributed by atoms with Gasteiger partial charge in [0.05, 0.1) is 16.4 Å². The highest BCUT2D eigenvalue weighted by atomic mass is 35.5. The van der Waals surface area contributed by atoms with Gasteiger partial charge in [0.15, 0.2) is 5.13 Å². The lowest BCUT2D eigenvalue weighted by Gasteiger charge is -2.05. The first-order chi connectivity index (χ1) is 12.0. The number of para-hydroxylation sites is 1. The van der Waals surface area contributed by atoms with Crippen LogP contribution in [0.4, 0.5) is 10.8 Å². The molecule has 3 rings (SSSR count). The number of nitrogens with zero attached hydrogens (tertiary/aromatic N) is 1. The molecule has 25 heavy (non-hydrogen) atoms. The van der Waals surface area contributed by atoms with E-state index in [4.69, 9.17) is 11.6 Å². The van der Waals surface area contributed by atoms with Gasteiger partial charge in [-0.25, -0.2) is 4.98 Å². The number of carbonyl (C=O) groups is 2. The van der Waals surface area contributed by atoms with Gasteiger partial charge in [0.1, 0.15) is 4.88 Å². The quantitative estimate of drug-likeness (QED) is 0.703. The molecule has 3 aromatic rings. The number of anilines is 2. The summed E-state index contributed by atoms with van der Waals surface area (Å²) in [6.07, 6.45) is 0. The molecule has 2 aromatic carbocycles. The number of halogens is 1. The minimum absolute atomic E-state index is 0.271. The van der Waals surface area contributed by atoms with E-state index in [2.05, 4.69) is 15.6 Å². The van der Waals surface area contributed by atoms with E-state index < -0.39 is 0 Å². The fraction of sp³-hybridized carbons (Fsp3) is 0.0556. The molecule has 1 heterocycles. The summed E-state index contributed by atoms with van der Waals surface area (Å²) in [6.45, 7) is 1.72. The number of hydrogen-bond acceptors (Lipinski definition) is 4. The zero-order valence-corrected chi connectivity index (χ0v) is 14.8. The van der Waals surface area contributed by atoms with Crippen molar-refractivity contribution in [3.63, 3.8) is 0 Å². The van der Waals surface area contributed by atoms with Crippen molar-refractivity contribution >= 4 is 45.6 Å². The number of aryl methyl sites for hydroxylation is 1. The highest BCUT2D eigenvalue weighted by Crippen LogP contribution is 2.26. The molecule has 1 aromatic heterocycles. The van der Waals surface area contributed by atoms with Crippen LogP contribution in [0, 0.1) is 6.92 Å². The molecule has 5 nitrogen and oxygen atoms in total. The maximum atomic E-state index is 12.4. The van der Waals surface area contributed by atoms with Crippen LogP contribution >= 0.6 is 22.9 Å². The van der Waals surface area contributed by atoms with Crippen molar-refractivity contribution in [2.24, 2.45) is 0 Å². The first-order valence-electron chi connectivity index (χ1n) is 7.44. The van der Waals surface area contributed by atoms with Crippen LogP contribution in [0.2, 0.25) is 5.02 Å². The van der Waals surface area contributed by atoms with Crippen LogP contribution in [0.1, 0.15) is 25.7 Å². The topological polar surface area (TPSA) is 71.1 Å². The SMILES string of the molecule is Cc1nc(NC(=O)c2ccccc2)sc1C(=O)Nc1ccccc1Cl. The lowest BCUT2D eigenvalue weighted by Crippen LogP contribution is -2.11. The van der Waals surface area contributed by atoms with Gasteiger partial charge >= 0.3 is 0 Å². The van der Waals surface area contributed by atoms with Gasteiger partial charge in [-0.2, -0.15) is 0 Å². The summed E-state index contributed by atoms with van der Waals surface area (Å²) in [4.78, 5) is 29.3. The smallest absolute Gasteiger partial charge is 0.267 e. The lowest BCUT2D eigenvalue weighted by atomic mass is 10.2. The second kappa shape index (κ2) is 7.46. The fourth-order valence-corrected chi connectivity index (χ4v) is 3.20. The van der Waals surface area contributed by atoms with Crippen molar-refractivity contribution in [2.75, 3.05) is 10.6 Å². The van der Waals surface area contributed by atoms with E-state index in [1.807, 2.05) is 6.07 Å². The van der Waals surface area contributed by atoms with E-state index in [1.54, 1.807) is 55.5 Å². The minimum atomic E-state index is -0.316. The molecule has 0 fully saturated rings. The highest BCUT2D eigenvalue weighted by molar-refractivity contribution is 7.17. The van der Waals surface area contributed by atoms with Crippen LogP contribution in [-0.4, -0.2) is 16.8 Å². The van der Waals surface area contributed by atoms with Crippen molar-refractivity contribution < 1.29 is 9.59 Å². The van der Waals surface area contributed by atoms with Crippen LogP contribution in [0.25, 0.3) is 0 Å². The van der Waals surface area contributed by atoms with Crippen molar-refractivity contribution in [2.45, 2.75) is 6.92 Å².